The van der Waals surface area contributed by atoms with E-state index in [0.717, 1.165) is 24.7 Å². The van der Waals surface area contributed by atoms with Crippen LogP contribution in [0.5, 0.6) is 0 Å². The molecule has 1 amide bonds. The number of aldehydes is 1. The normalized spacial score (nSPS) is 14.8. The standard InChI is InChI=1S/C14H18N2O3/c1-14(2,3)19-13(18)16-6-4-5-10-7-15-8-11(9-17)12(10)16/h7-9H,4-6H2,1-3H3. The predicted octanol–water partition coefficient (Wildman–Crippen LogP) is 2.58. The Morgan fingerprint density at radius 1 is 1.42 bits per heavy atom. The van der Waals surface area contributed by atoms with Gasteiger partial charge in [0.1, 0.15) is 5.60 Å². The smallest absolute Gasteiger partial charge is 0.414 e. The van der Waals surface area contributed by atoms with Crippen molar-refractivity contribution in [2.75, 3.05) is 11.4 Å². The van der Waals surface area contributed by atoms with Crippen LogP contribution in [0.2, 0.25) is 0 Å². The van der Waals surface area contributed by atoms with Gasteiger partial charge in [-0.25, -0.2) is 4.79 Å². The molecule has 0 fully saturated rings. The van der Waals surface area contributed by atoms with Crippen LogP contribution in [0.3, 0.4) is 0 Å². The van der Waals surface area contributed by atoms with Crippen LogP contribution < -0.4 is 4.90 Å². The number of amides is 1. The van der Waals surface area contributed by atoms with Gasteiger partial charge in [0.05, 0.1) is 11.3 Å². The van der Waals surface area contributed by atoms with Crippen LogP contribution in [0.15, 0.2) is 12.4 Å². The number of ether oxygens (including phenoxy) is 1. The zero-order chi connectivity index (χ0) is 14.0. The summed E-state index contributed by atoms with van der Waals surface area (Å²) in [6.45, 7) is 6.03. The Morgan fingerprint density at radius 3 is 2.79 bits per heavy atom. The SMILES string of the molecule is CC(C)(C)OC(=O)N1CCCc2cncc(C=O)c21. The lowest BCUT2D eigenvalue weighted by atomic mass is 10.0. The third-order valence-corrected chi connectivity index (χ3v) is 2.86. The second-order valence-electron chi connectivity index (χ2n) is 5.59. The highest BCUT2D eigenvalue weighted by atomic mass is 16.6. The van der Waals surface area contributed by atoms with Gasteiger partial charge in [-0.3, -0.25) is 14.7 Å². The Balaban J connectivity index is 2.36. The number of aromatic nitrogens is 1. The van der Waals surface area contributed by atoms with Crippen LogP contribution >= 0.6 is 0 Å². The molecule has 0 N–H and O–H groups in total. The zero-order valence-electron chi connectivity index (χ0n) is 11.5. The molecule has 0 aliphatic carbocycles. The summed E-state index contributed by atoms with van der Waals surface area (Å²) in [4.78, 5) is 28.9. The molecule has 5 nitrogen and oxygen atoms in total. The minimum absolute atomic E-state index is 0.414. The third kappa shape index (κ3) is 2.92. The molecule has 0 unspecified atom stereocenters. The van der Waals surface area contributed by atoms with Crippen molar-refractivity contribution in [1.29, 1.82) is 0 Å². The lowest BCUT2D eigenvalue weighted by Crippen LogP contribution is -2.40. The van der Waals surface area contributed by atoms with Crippen molar-refractivity contribution in [2.45, 2.75) is 39.2 Å². The van der Waals surface area contributed by atoms with Gasteiger partial charge in [0.2, 0.25) is 0 Å². The van der Waals surface area contributed by atoms with E-state index >= 15 is 0 Å². The van der Waals surface area contributed by atoms with Gasteiger partial charge in [0, 0.05) is 18.9 Å². The Labute approximate surface area is 112 Å². The number of carbonyl (C=O) groups excluding carboxylic acids is 2. The molecule has 1 aliphatic rings. The summed E-state index contributed by atoms with van der Waals surface area (Å²) in [5.41, 5.74) is 1.44. The van der Waals surface area contributed by atoms with Gasteiger partial charge in [-0.2, -0.15) is 0 Å². The van der Waals surface area contributed by atoms with Crippen LogP contribution in [0.25, 0.3) is 0 Å². The average Bonchev–Trinajstić information content (AvgIpc) is 2.35. The van der Waals surface area contributed by atoms with Crippen LogP contribution in [-0.4, -0.2) is 29.5 Å². The van der Waals surface area contributed by atoms with Crippen molar-refractivity contribution < 1.29 is 14.3 Å². The molecule has 0 saturated heterocycles. The number of nitrogens with zero attached hydrogens (tertiary/aromatic N) is 2. The van der Waals surface area contributed by atoms with Gasteiger partial charge < -0.3 is 4.74 Å². The molecule has 2 rings (SSSR count). The van der Waals surface area contributed by atoms with E-state index in [2.05, 4.69) is 4.98 Å². The fraction of sp³-hybridized carbons (Fsp3) is 0.500. The molecule has 0 aromatic carbocycles. The van der Waals surface area contributed by atoms with Crippen molar-refractivity contribution in [3.8, 4) is 0 Å². The van der Waals surface area contributed by atoms with E-state index in [1.165, 1.54) is 11.1 Å². The fourth-order valence-corrected chi connectivity index (χ4v) is 2.15. The molecule has 0 bridgehead atoms. The van der Waals surface area contributed by atoms with E-state index in [-0.39, 0.29) is 0 Å². The summed E-state index contributed by atoms with van der Waals surface area (Å²) in [5, 5.41) is 0. The van der Waals surface area contributed by atoms with Gasteiger partial charge in [-0.15, -0.1) is 0 Å². The lowest BCUT2D eigenvalue weighted by Gasteiger charge is -2.32. The molecule has 1 aromatic heterocycles. The highest BCUT2D eigenvalue weighted by Crippen LogP contribution is 2.30. The Hall–Kier alpha value is -1.91. The fourth-order valence-electron chi connectivity index (χ4n) is 2.15. The molecular weight excluding hydrogens is 244 g/mol. The van der Waals surface area contributed by atoms with Gasteiger partial charge >= 0.3 is 6.09 Å². The van der Waals surface area contributed by atoms with E-state index < -0.39 is 11.7 Å². The third-order valence-electron chi connectivity index (χ3n) is 2.86. The molecule has 0 saturated carbocycles. The maximum Gasteiger partial charge on any atom is 0.414 e. The first kappa shape index (κ1) is 13.5. The Bertz CT molecular complexity index is 506. The molecule has 19 heavy (non-hydrogen) atoms. The minimum atomic E-state index is -0.553. The summed E-state index contributed by atoms with van der Waals surface area (Å²) in [7, 11) is 0. The van der Waals surface area contributed by atoms with Crippen molar-refractivity contribution in [2.24, 2.45) is 0 Å². The highest BCUT2D eigenvalue weighted by molar-refractivity contribution is 5.96. The Kier molecular flexibility index (Phi) is 3.55. The van der Waals surface area contributed by atoms with E-state index in [1.54, 1.807) is 6.20 Å². The Morgan fingerprint density at radius 2 is 2.16 bits per heavy atom. The summed E-state index contributed by atoms with van der Waals surface area (Å²) >= 11 is 0. The van der Waals surface area contributed by atoms with Crippen LogP contribution in [0.4, 0.5) is 10.5 Å². The molecule has 0 atom stereocenters. The number of anilines is 1. The van der Waals surface area contributed by atoms with E-state index in [9.17, 15) is 9.59 Å². The maximum absolute atomic E-state index is 12.2. The first-order valence-corrected chi connectivity index (χ1v) is 6.35. The van der Waals surface area contributed by atoms with Crippen molar-refractivity contribution >= 4 is 18.1 Å². The molecule has 102 valence electrons. The molecule has 0 spiro atoms. The first-order chi connectivity index (χ1) is 8.92. The number of hydrogen-bond donors (Lipinski definition) is 0. The number of fused-ring (bicyclic) bond motifs is 1. The van der Waals surface area contributed by atoms with Gasteiger partial charge in [-0.05, 0) is 39.2 Å². The summed E-state index contributed by atoms with van der Waals surface area (Å²) in [6, 6.07) is 0. The van der Waals surface area contributed by atoms with Crippen molar-refractivity contribution in [3.63, 3.8) is 0 Å². The van der Waals surface area contributed by atoms with Crippen molar-refractivity contribution in [1.82, 2.24) is 4.98 Å². The summed E-state index contributed by atoms with van der Waals surface area (Å²) in [6.07, 6.45) is 5.17. The second kappa shape index (κ2) is 4.99. The van der Waals surface area contributed by atoms with E-state index in [0.29, 0.717) is 17.8 Å². The monoisotopic (exact) mass is 262 g/mol. The topological polar surface area (TPSA) is 59.5 Å². The zero-order valence-corrected chi connectivity index (χ0v) is 11.5. The molecule has 5 heteroatoms. The second-order valence-corrected chi connectivity index (χ2v) is 5.59. The van der Waals surface area contributed by atoms with Gasteiger partial charge in [-0.1, -0.05) is 0 Å². The van der Waals surface area contributed by atoms with Crippen molar-refractivity contribution in [3.05, 3.63) is 23.5 Å². The highest BCUT2D eigenvalue weighted by Gasteiger charge is 2.29. The van der Waals surface area contributed by atoms with Crippen LogP contribution in [0.1, 0.15) is 43.1 Å². The summed E-state index contributed by atoms with van der Waals surface area (Å²) < 4.78 is 5.38. The minimum Gasteiger partial charge on any atom is -0.443 e. The van der Waals surface area contributed by atoms with Crippen LogP contribution in [0, 0.1) is 0 Å². The van der Waals surface area contributed by atoms with Gasteiger partial charge in [0.25, 0.3) is 0 Å². The first-order valence-electron chi connectivity index (χ1n) is 6.35. The number of carbonyl (C=O) groups is 2. The average molecular weight is 262 g/mol. The van der Waals surface area contributed by atoms with E-state index in [4.69, 9.17) is 4.74 Å². The molecule has 1 aliphatic heterocycles. The number of rotatable bonds is 1. The maximum atomic E-state index is 12.2. The number of aryl methyl sites for hydroxylation is 1. The molecule has 1 aromatic rings. The summed E-state index contributed by atoms with van der Waals surface area (Å²) in [5.74, 6) is 0. The predicted molar refractivity (Wildman–Crippen MR) is 71.5 cm³/mol. The van der Waals surface area contributed by atoms with Gasteiger partial charge in [0.15, 0.2) is 6.29 Å². The molecule has 0 radical (unpaired) electrons. The number of pyridine rings is 1. The molecule has 2 heterocycles. The van der Waals surface area contributed by atoms with E-state index in [1.807, 2.05) is 20.8 Å². The van der Waals surface area contributed by atoms with Crippen LogP contribution in [-0.2, 0) is 11.2 Å². The largest absolute Gasteiger partial charge is 0.443 e. The lowest BCUT2D eigenvalue weighted by molar-refractivity contribution is 0.0577. The molecular formula is C14H18N2O3. The number of hydrogen-bond acceptors (Lipinski definition) is 4. The quantitative estimate of drug-likeness (QED) is 0.730.